The van der Waals surface area contributed by atoms with E-state index in [0.29, 0.717) is 24.6 Å². The molecule has 2 fully saturated rings. The third kappa shape index (κ3) is 3.17. The first-order chi connectivity index (χ1) is 12.5. The van der Waals surface area contributed by atoms with Crippen LogP contribution < -0.4 is 0 Å². The van der Waals surface area contributed by atoms with Gasteiger partial charge in [-0.15, -0.1) is 0 Å². The number of hydrogen-bond acceptors (Lipinski definition) is 3. The van der Waals surface area contributed by atoms with Gasteiger partial charge in [-0.2, -0.15) is 0 Å². The van der Waals surface area contributed by atoms with Crippen molar-refractivity contribution in [2.45, 2.75) is 24.9 Å². The first kappa shape index (κ1) is 17.0. The van der Waals surface area contributed by atoms with E-state index in [4.69, 9.17) is 0 Å². The second-order valence-electron chi connectivity index (χ2n) is 7.06. The van der Waals surface area contributed by atoms with Gasteiger partial charge in [0.15, 0.2) is 11.6 Å². The van der Waals surface area contributed by atoms with Crippen molar-refractivity contribution in [2.75, 3.05) is 19.6 Å². The van der Waals surface area contributed by atoms with E-state index in [1.807, 2.05) is 12.1 Å². The van der Waals surface area contributed by atoms with Crippen LogP contribution in [0.1, 0.15) is 23.5 Å². The molecule has 2 saturated heterocycles. The molecule has 6 heteroatoms. The topological polar surface area (TPSA) is 43.8 Å². The summed E-state index contributed by atoms with van der Waals surface area (Å²) in [6, 6.07) is 10.8. The molecular formula is C20H20F2N2O2. The van der Waals surface area contributed by atoms with Crippen molar-refractivity contribution in [2.24, 2.45) is 0 Å². The Morgan fingerprint density at radius 1 is 1.04 bits per heavy atom. The molecule has 1 N–H and O–H groups in total. The highest BCUT2D eigenvalue weighted by Crippen LogP contribution is 2.32. The van der Waals surface area contributed by atoms with E-state index in [9.17, 15) is 18.7 Å². The van der Waals surface area contributed by atoms with Crippen molar-refractivity contribution in [1.29, 1.82) is 0 Å². The van der Waals surface area contributed by atoms with Crippen LogP contribution in [0.3, 0.4) is 0 Å². The number of phenols is 1. The van der Waals surface area contributed by atoms with Gasteiger partial charge < -0.3 is 10.0 Å². The van der Waals surface area contributed by atoms with Gasteiger partial charge in [-0.25, -0.2) is 8.78 Å². The average Bonchev–Trinajstić information content (AvgIpc) is 2.92. The summed E-state index contributed by atoms with van der Waals surface area (Å²) in [6.45, 7) is 2.57. The molecule has 0 aliphatic carbocycles. The van der Waals surface area contributed by atoms with Crippen molar-refractivity contribution in [3.8, 4) is 5.75 Å². The SMILES string of the molecule is O=C1C(N2CC(c3ccc(O)cc3)C2)CCN1Cc1ccc(F)c(F)c1. The smallest absolute Gasteiger partial charge is 0.240 e. The molecule has 0 radical (unpaired) electrons. The van der Waals surface area contributed by atoms with Gasteiger partial charge >= 0.3 is 0 Å². The van der Waals surface area contributed by atoms with Crippen LogP contribution in [0.5, 0.6) is 5.75 Å². The Kier molecular flexibility index (Phi) is 4.36. The fourth-order valence-corrected chi connectivity index (χ4v) is 3.80. The molecule has 0 spiro atoms. The van der Waals surface area contributed by atoms with Crippen LogP contribution in [0, 0.1) is 11.6 Å². The molecule has 136 valence electrons. The molecule has 2 aromatic carbocycles. The predicted molar refractivity (Wildman–Crippen MR) is 92.6 cm³/mol. The number of rotatable bonds is 4. The molecule has 1 amide bonds. The van der Waals surface area contributed by atoms with E-state index in [1.54, 1.807) is 17.0 Å². The Morgan fingerprint density at radius 3 is 2.46 bits per heavy atom. The lowest BCUT2D eigenvalue weighted by Gasteiger charge is -2.42. The van der Waals surface area contributed by atoms with Gasteiger partial charge in [0.25, 0.3) is 0 Å². The standard InChI is InChI=1S/C20H20F2N2O2/c21-17-6-1-13(9-18(17)22)10-23-8-7-19(20(23)26)24-11-15(12-24)14-2-4-16(25)5-3-14/h1-6,9,15,19,25H,7-8,10-12H2. The summed E-state index contributed by atoms with van der Waals surface area (Å²) in [5.41, 5.74) is 1.77. The van der Waals surface area contributed by atoms with Gasteiger partial charge in [-0.1, -0.05) is 18.2 Å². The Morgan fingerprint density at radius 2 is 1.77 bits per heavy atom. The van der Waals surface area contributed by atoms with E-state index >= 15 is 0 Å². The number of halogens is 2. The van der Waals surface area contributed by atoms with Gasteiger partial charge in [-0.3, -0.25) is 9.69 Å². The molecule has 4 nitrogen and oxygen atoms in total. The van der Waals surface area contributed by atoms with Gasteiger partial charge in [0.2, 0.25) is 5.91 Å². The predicted octanol–water partition coefficient (Wildman–Crippen LogP) is 2.87. The van der Waals surface area contributed by atoms with E-state index in [2.05, 4.69) is 4.90 Å². The zero-order valence-electron chi connectivity index (χ0n) is 14.2. The molecular weight excluding hydrogens is 338 g/mol. The normalized spacial score (nSPS) is 21.2. The molecule has 0 aromatic heterocycles. The van der Waals surface area contributed by atoms with Crippen LogP contribution in [-0.2, 0) is 11.3 Å². The number of phenolic OH excluding ortho intramolecular Hbond substituents is 1. The summed E-state index contributed by atoms with van der Waals surface area (Å²) < 4.78 is 26.4. The third-order valence-corrected chi connectivity index (χ3v) is 5.34. The number of carbonyl (C=O) groups is 1. The second-order valence-corrected chi connectivity index (χ2v) is 7.06. The molecule has 2 heterocycles. The van der Waals surface area contributed by atoms with E-state index in [1.165, 1.54) is 11.6 Å². The molecule has 4 rings (SSSR count). The largest absolute Gasteiger partial charge is 0.508 e. The van der Waals surface area contributed by atoms with Gasteiger partial charge in [0, 0.05) is 32.1 Å². The van der Waals surface area contributed by atoms with Crippen molar-refractivity contribution >= 4 is 5.91 Å². The summed E-state index contributed by atoms with van der Waals surface area (Å²) in [5, 5.41) is 9.37. The minimum Gasteiger partial charge on any atom is -0.508 e. The van der Waals surface area contributed by atoms with Crippen LogP contribution in [0.4, 0.5) is 8.78 Å². The summed E-state index contributed by atoms with van der Waals surface area (Å²) in [5.74, 6) is -1.07. The number of benzene rings is 2. The Labute approximate surface area is 150 Å². The third-order valence-electron chi connectivity index (χ3n) is 5.34. The number of amides is 1. The molecule has 26 heavy (non-hydrogen) atoms. The zero-order valence-corrected chi connectivity index (χ0v) is 14.2. The van der Waals surface area contributed by atoms with Crippen molar-refractivity contribution < 1.29 is 18.7 Å². The van der Waals surface area contributed by atoms with Crippen molar-refractivity contribution in [3.05, 3.63) is 65.2 Å². The van der Waals surface area contributed by atoms with Crippen LogP contribution in [0.2, 0.25) is 0 Å². The van der Waals surface area contributed by atoms with E-state index in [0.717, 1.165) is 31.6 Å². The quantitative estimate of drug-likeness (QED) is 0.914. The molecule has 1 atom stereocenters. The second kappa shape index (κ2) is 6.68. The Balaban J connectivity index is 1.34. The number of carbonyl (C=O) groups excluding carboxylic acids is 1. The minimum atomic E-state index is -0.884. The monoisotopic (exact) mass is 358 g/mol. The number of likely N-dealkylation sites (tertiary alicyclic amines) is 2. The summed E-state index contributed by atoms with van der Waals surface area (Å²) >= 11 is 0. The minimum absolute atomic E-state index is 0.0545. The van der Waals surface area contributed by atoms with Gasteiger partial charge in [-0.05, 0) is 41.8 Å². The first-order valence-corrected chi connectivity index (χ1v) is 8.77. The average molecular weight is 358 g/mol. The van der Waals surface area contributed by atoms with Gasteiger partial charge in [0.05, 0.1) is 6.04 Å². The highest BCUT2D eigenvalue weighted by Gasteiger charge is 2.41. The van der Waals surface area contributed by atoms with Crippen LogP contribution in [0.15, 0.2) is 42.5 Å². The number of nitrogens with zero attached hydrogens (tertiary/aromatic N) is 2. The van der Waals surface area contributed by atoms with E-state index < -0.39 is 11.6 Å². The van der Waals surface area contributed by atoms with Gasteiger partial charge in [0.1, 0.15) is 5.75 Å². The lowest BCUT2D eigenvalue weighted by molar-refractivity contribution is -0.134. The van der Waals surface area contributed by atoms with Crippen LogP contribution in [0.25, 0.3) is 0 Å². The number of hydrogen-bond donors (Lipinski definition) is 1. The maximum Gasteiger partial charge on any atom is 0.240 e. The highest BCUT2D eigenvalue weighted by molar-refractivity contribution is 5.84. The van der Waals surface area contributed by atoms with E-state index in [-0.39, 0.29) is 17.7 Å². The fraction of sp³-hybridized carbons (Fsp3) is 0.350. The summed E-state index contributed by atoms with van der Waals surface area (Å²) in [4.78, 5) is 16.6. The molecule has 2 aliphatic heterocycles. The molecule has 1 unspecified atom stereocenters. The Hall–Kier alpha value is -2.47. The lowest BCUT2D eigenvalue weighted by Crippen LogP contribution is -2.53. The number of aromatic hydroxyl groups is 1. The maximum atomic E-state index is 13.3. The molecule has 2 aliphatic rings. The Bertz CT molecular complexity index is 819. The molecule has 0 saturated carbocycles. The fourth-order valence-electron chi connectivity index (χ4n) is 3.80. The maximum absolute atomic E-state index is 13.3. The summed E-state index contributed by atoms with van der Waals surface area (Å²) in [6.07, 6.45) is 0.755. The van der Waals surface area contributed by atoms with Crippen molar-refractivity contribution in [1.82, 2.24) is 9.80 Å². The van der Waals surface area contributed by atoms with Crippen molar-refractivity contribution in [3.63, 3.8) is 0 Å². The lowest BCUT2D eigenvalue weighted by atomic mass is 9.89. The zero-order chi connectivity index (χ0) is 18.3. The first-order valence-electron chi connectivity index (χ1n) is 8.77. The highest BCUT2D eigenvalue weighted by atomic mass is 19.2. The molecule has 0 bridgehead atoms. The van der Waals surface area contributed by atoms with Crippen LogP contribution in [-0.4, -0.2) is 46.5 Å². The summed E-state index contributed by atoms with van der Waals surface area (Å²) in [7, 11) is 0. The molecule has 2 aromatic rings. The van der Waals surface area contributed by atoms with Crippen LogP contribution >= 0.6 is 0 Å².